The fourth-order valence-electron chi connectivity index (χ4n) is 2.28. The molecule has 126 valence electrons. The Kier molecular flexibility index (Phi) is 6.31. The molecule has 0 aliphatic rings. The van der Waals surface area contributed by atoms with Crippen molar-refractivity contribution < 1.29 is 4.79 Å². The van der Waals surface area contributed by atoms with Gasteiger partial charge in [-0.3, -0.25) is 4.79 Å². The van der Waals surface area contributed by atoms with Crippen molar-refractivity contribution in [2.45, 2.75) is 20.3 Å². The number of nitrogens with zero attached hydrogens (tertiary/aromatic N) is 3. The second kappa shape index (κ2) is 8.67. The number of nitrogen functional groups attached to an aromatic ring is 1. The minimum atomic E-state index is -0.324. The van der Waals surface area contributed by atoms with Gasteiger partial charge in [-0.25, -0.2) is 10.4 Å². The molecule has 0 saturated heterocycles. The summed E-state index contributed by atoms with van der Waals surface area (Å²) in [7, 11) is 0. The van der Waals surface area contributed by atoms with E-state index < -0.39 is 0 Å². The normalized spacial score (nSPS) is 10.8. The van der Waals surface area contributed by atoms with Gasteiger partial charge in [0, 0.05) is 25.0 Å². The molecule has 6 nitrogen and oxygen atoms in total. The monoisotopic (exact) mass is 325 g/mol. The number of rotatable bonds is 7. The molecule has 6 heteroatoms. The molecular weight excluding hydrogens is 302 g/mol. The van der Waals surface area contributed by atoms with Crippen LogP contribution >= 0.6 is 0 Å². The zero-order valence-electron chi connectivity index (χ0n) is 14.1. The number of hydrogen-bond donors (Lipinski definition) is 2. The largest absolute Gasteiger partial charge is 0.384 e. The standard InChI is InChI=1S/C18H23N5O/c1-3-11-23(4-2)16-8-5-14(6-9-16)12-21-22-18(24)15-7-10-17(19)20-13-15/h5-10,12-13H,3-4,11H2,1-2H3,(H2,19,20)(H,22,24)/b21-12+. The van der Waals surface area contributed by atoms with E-state index in [2.05, 4.69) is 46.4 Å². The number of hydrogen-bond acceptors (Lipinski definition) is 5. The van der Waals surface area contributed by atoms with Gasteiger partial charge in [-0.05, 0) is 43.2 Å². The summed E-state index contributed by atoms with van der Waals surface area (Å²) in [6.45, 7) is 6.33. The van der Waals surface area contributed by atoms with E-state index >= 15 is 0 Å². The molecule has 0 fully saturated rings. The van der Waals surface area contributed by atoms with Crippen molar-refractivity contribution in [3.8, 4) is 0 Å². The lowest BCUT2D eigenvalue weighted by Crippen LogP contribution is -2.23. The quantitative estimate of drug-likeness (QED) is 0.605. The maximum absolute atomic E-state index is 11.9. The van der Waals surface area contributed by atoms with Crippen molar-refractivity contribution in [3.05, 3.63) is 53.7 Å². The van der Waals surface area contributed by atoms with Crippen LogP contribution in [-0.2, 0) is 0 Å². The molecule has 0 radical (unpaired) electrons. The lowest BCUT2D eigenvalue weighted by Gasteiger charge is -2.22. The summed E-state index contributed by atoms with van der Waals surface area (Å²) in [5.41, 5.74) is 10.5. The predicted octanol–water partition coefficient (Wildman–Crippen LogP) is 2.66. The number of aromatic nitrogens is 1. The molecule has 24 heavy (non-hydrogen) atoms. The van der Waals surface area contributed by atoms with Crippen LogP contribution in [0.2, 0.25) is 0 Å². The molecule has 0 atom stereocenters. The third-order valence-corrected chi connectivity index (χ3v) is 3.56. The Labute approximate surface area is 142 Å². The number of hydrazone groups is 1. The summed E-state index contributed by atoms with van der Waals surface area (Å²) in [6, 6.07) is 11.3. The Bertz CT molecular complexity index is 680. The lowest BCUT2D eigenvalue weighted by atomic mass is 10.2. The first kappa shape index (κ1) is 17.5. The maximum atomic E-state index is 11.9. The van der Waals surface area contributed by atoms with E-state index in [1.807, 2.05) is 12.1 Å². The van der Waals surface area contributed by atoms with Gasteiger partial charge in [0.25, 0.3) is 5.91 Å². The van der Waals surface area contributed by atoms with Crippen LogP contribution in [0, 0.1) is 0 Å². The van der Waals surface area contributed by atoms with Crippen LogP contribution in [0.1, 0.15) is 36.2 Å². The van der Waals surface area contributed by atoms with E-state index in [1.165, 1.54) is 11.9 Å². The summed E-state index contributed by atoms with van der Waals surface area (Å²) in [4.78, 5) is 18.1. The van der Waals surface area contributed by atoms with Crippen molar-refractivity contribution in [2.24, 2.45) is 5.10 Å². The molecule has 0 spiro atoms. The zero-order valence-corrected chi connectivity index (χ0v) is 14.1. The minimum Gasteiger partial charge on any atom is -0.384 e. The summed E-state index contributed by atoms with van der Waals surface area (Å²) >= 11 is 0. The van der Waals surface area contributed by atoms with E-state index in [9.17, 15) is 4.79 Å². The Morgan fingerprint density at radius 1 is 1.25 bits per heavy atom. The van der Waals surface area contributed by atoms with Gasteiger partial charge in [0.15, 0.2) is 0 Å². The zero-order chi connectivity index (χ0) is 17.4. The van der Waals surface area contributed by atoms with Crippen LogP contribution in [0.25, 0.3) is 0 Å². The van der Waals surface area contributed by atoms with Crippen molar-refractivity contribution in [3.63, 3.8) is 0 Å². The van der Waals surface area contributed by atoms with Gasteiger partial charge in [-0.15, -0.1) is 0 Å². The number of anilines is 2. The Balaban J connectivity index is 1.94. The Hall–Kier alpha value is -2.89. The molecule has 2 rings (SSSR count). The molecule has 0 bridgehead atoms. The van der Waals surface area contributed by atoms with Gasteiger partial charge in [-0.1, -0.05) is 19.1 Å². The van der Waals surface area contributed by atoms with Gasteiger partial charge in [-0.2, -0.15) is 5.10 Å². The van der Waals surface area contributed by atoms with Crippen LogP contribution in [0.15, 0.2) is 47.7 Å². The number of nitrogens with one attached hydrogen (secondary N) is 1. The molecule has 0 unspecified atom stereocenters. The average molecular weight is 325 g/mol. The van der Waals surface area contributed by atoms with Gasteiger partial charge >= 0.3 is 0 Å². The molecular formula is C18H23N5O. The molecule has 0 aliphatic heterocycles. The number of benzene rings is 1. The Morgan fingerprint density at radius 3 is 2.58 bits per heavy atom. The van der Waals surface area contributed by atoms with Crippen LogP contribution in [-0.4, -0.2) is 30.2 Å². The number of carbonyl (C=O) groups excluding carboxylic acids is 1. The first-order valence-corrected chi connectivity index (χ1v) is 8.04. The Morgan fingerprint density at radius 2 is 2.00 bits per heavy atom. The number of amides is 1. The van der Waals surface area contributed by atoms with E-state index in [0.29, 0.717) is 11.4 Å². The molecule has 1 aromatic heterocycles. The number of carbonyl (C=O) groups is 1. The van der Waals surface area contributed by atoms with Crippen LogP contribution in [0.4, 0.5) is 11.5 Å². The minimum absolute atomic E-state index is 0.324. The highest BCUT2D eigenvalue weighted by Gasteiger charge is 2.04. The van der Waals surface area contributed by atoms with Crippen molar-refractivity contribution in [2.75, 3.05) is 23.7 Å². The highest BCUT2D eigenvalue weighted by molar-refractivity contribution is 5.94. The molecule has 1 aromatic carbocycles. The summed E-state index contributed by atoms with van der Waals surface area (Å²) in [5, 5.41) is 3.97. The van der Waals surface area contributed by atoms with E-state index in [4.69, 9.17) is 5.73 Å². The predicted molar refractivity (Wildman–Crippen MR) is 98.3 cm³/mol. The first-order valence-electron chi connectivity index (χ1n) is 8.04. The van der Waals surface area contributed by atoms with E-state index in [0.717, 1.165) is 25.1 Å². The third kappa shape index (κ3) is 4.81. The average Bonchev–Trinajstić information content (AvgIpc) is 2.61. The van der Waals surface area contributed by atoms with Gasteiger partial charge < -0.3 is 10.6 Å². The second-order valence-corrected chi connectivity index (χ2v) is 5.34. The van der Waals surface area contributed by atoms with Crippen molar-refractivity contribution >= 4 is 23.6 Å². The van der Waals surface area contributed by atoms with Gasteiger partial charge in [0.05, 0.1) is 11.8 Å². The fraction of sp³-hybridized carbons (Fsp3) is 0.278. The smallest absolute Gasteiger partial charge is 0.272 e. The molecule has 3 N–H and O–H groups in total. The fourth-order valence-corrected chi connectivity index (χ4v) is 2.28. The highest BCUT2D eigenvalue weighted by Crippen LogP contribution is 2.14. The van der Waals surface area contributed by atoms with Crippen LogP contribution < -0.4 is 16.1 Å². The SMILES string of the molecule is CCCN(CC)c1ccc(/C=N/NC(=O)c2ccc(N)nc2)cc1. The van der Waals surface area contributed by atoms with E-state index in [1.54, 1.807) is 18.3 Å². The highest BCUT2D eigenvalue weighted by atomic mass is 16.2. The molecule has 0 saturated carbocycles. The first-order chi connectivity index (χ1) is 11.6. The molecule has 1 heterocycles. The molecule has 0 aliphatic carbocycles. The summed E-state index contributed by atoms with van der Waals surface area (Å²) < 4.78 is 0. The van der Waals surface area contributed by atoms with Crippen LogP contribution in [0.5, 0.6) is 0 Å². The summed E-state index contributed by atoms with van der Waals surface area (Å²) in [6.07, 6.45) is 4.15. The molecule has 1 amide bonds. The maximum Gasteiger partial charge on any atom is 0.272 e. The van der Waals surface area contributed by atoms with E-state index in [-0.39, 0.29) is 5.91 Å². The summed E-state index contributed by atoms with van der Waals surface area (Å²) in [5.74, 6) is 0.0508. The molecule has 2 aromatic rings. The van der Waals surface area contributed by atoms with Crippen molar-refractivity contribution in [1.29, 1.82) is 0 Å². The topological polar surface area (TPSA) is 83.6 Å². The number of nitrogens with two attached hydrogens (primary N) is 1. The van der Waals surface area contributed by atoms with Crippen LogP contribution in [0.3, 0.4) is 0 Å². The van der Waals surface area contributed by atoms with Crippen molar-refractivity contribution in [1.82, 2.24) is 10.4 Å². The van der Waals surface area contributed by atoms with Gasteiger partial charge in [0.2, 0.25) is 0 Å². The third-order valence-electron chi connectivity index (χ3n) is 3.56. The van der Waals surface area contributed by atoms with Gasteiger partial charge in [0.1, 0.15) is 5.82 Å². The lowest BCUT2D eigenvalue weighted by molar-refractivity contribution is 0.0955. The second-order valence-electron chi connectivity index (χ2n) is 5.34. The number of pyridine rings is 1.